The van der Waals surface area contributed by atoms with E-state index in [-0.39, 0.29) is 0 Å². The van der Waals surface area contributed by atoms with E-state index >= 15 is 0 Å². The molecule has 22 heavy (non-hydrogen) atoms. The molecule has 112 valence electrons. The third-order valence-electron chi connectivity index (χ3n) is 4.08. The van der Waals surface area contributed by atoms with Crippen molar-refractivity contribution in [2.75, 3.05) is 5.75 Å². The van der Waals surface area contributed by atoms with E-state index in [1.54, 1.807) is 0 Å². The molecule has 0 bridgehead atoms. The zero-order valence-corrected chi connectivity index (χ0v) is 13.7. The first-order chi connectivity index (χ1) is 10.7. The maximum atomic E-state index is 4.35. The third-order valence-corrected chi connectivity index (χ3v) is 5.26. The normalized spacial score (nSPS) is 13.5. The Kier molecular flexibility index (Phi) is 4.79. The van der Waals surface area contributed by atoms with E-state index < -0.39 is 0 Å². The minimum absolute atomic E-state index is 0.903. The number of nitrogens with zero attached hydrogens (tertiary/aromatic N) is 1. The van der Waals surface area contributed by atoms with Gasteiger partial charge in [0.25, 0.3) is 0 Å². The van der Waals surface area contributed by atoms with Crippen molar-refractivity contribution in [1.29, 1.82) is 0 Å². The molecule has 3 rings (SSSR count). The summed E-state index contributed by atoms with van der Waals surface area (Å²) in [6.45, 7) is 8.42. The number of fused-ring (bicyclic) bond motifs is 1. The number of pyridine rings is 1. The van der Waals surface area contributed by atoms with Crippen molar-refractivity contribution in [2.24, 2.45) is 0 Å². The molecule has 0 radical (unpaired) electrons. The second-order valence-electron chi connectivity index (χ2n) is 5.70. The number of allylic oxidation sites excluding steroid dienone is 2. The molecule has 0 N–H and O–H groups in total. The molecule has 0 saturated heterocycles. The van der Waals surface area contributed by atoms with Crippen molar-refractivity contribution >= 4 is 22.9 Å². The molecule has 0 saturated carbocycles. The lowest BCUT2D eigenvalue weighted by atomic mass is 9.97. The number of benzene rings is 1. The van der Waals surface area contributed by atoms with Crippen LogP contribution < -0.4 is 0 Å². The summed E-state index contributed by atoms with van der Waals surface area (Å²) < 4.78 is 0. The lowest BCUT2D eigenvalue weighted by molar-refractivity contribution is 0.889. The Morgan fingerprint density at radius 3 is 2.77 bits per heavy atom. The molecule has 0 amide bonds. The summed E-state index contributed by atoms with van der Waals surface area (Å²) in [5, 5.41) is 0. The molecule has 2 aromatic rings. The van der Waals surface area contributed by atoms with E-state index in [0.29, 0.717) is 0 Å². The fourth-order valence-electron chi connectivity index (χ4n) is 2.71. The number of aryl methyl sites for hydroxylation is 1. The number of hydrogen-bond donors (Lipinski definition) is 0. The summed E-state index contributed by atoms with van der Waals surface area (Å²) in [5.41, 5.74) is 6.00. The van der Waals surface area contributed by atoms with Gasteiger partial charge in [-0.15, -0.1) is 11.8 Å². The summed E-state index contributed by atoms with van der Waals surface area (Å²) in [7, 11) is 0. The average Bonchev–Trinajstić information content (AvgIpc) is 2.59. The number of thioether (sulfide) groups is 1. The molecule has 0 aliphatic carbocycles. The van der Waals surface area contributed by atoms with Gasteiger partial charge in [0.1, 0.15) is 0 Å². The fourth-order valence-corrected chi connectivity index (χ4v) is 3.78. The smallest absolute Gasteiger partial charge is 0.0655 e. The van der Waals surface area contributed by atoms with Gasteiger partial charge >= 0.3 is 0 Å². The highest BCUT2D eigenvalue weighted by atomic mass is 32.2. The maximum Gasteiger partial charge on any atom is 0.0655 e. The van der Waals surface area contributed by atoms with Gasteiger partial charge in [-0.05, 0) is 71.9 Å². The fraction of sp³-hybridized carbons (Fsp3) is 0.250. The molecule has 0 fully saturated rings. The molecule has 2 heterocycles. The van der Waals surface area contributed by atoms with E-state index in [4.69, 9.17) is 0 Å². The van der Waals surface area contributed by atoms with Gasteiger partial charge in [-0.2, -0.15) is 0 Å². The van der Waals surface area contributed by atoms with Crippen LogP contribution >= 0.6 is 11.8 Å². The summed E-state index contributed by atoms with van der Waals surface area (Å²) >= 11 is 1.97. The van der Waals surface area contributed by atoms with E-state index in [1.165, 1.54) is 40.2 Å². The van der Waals surface area contributed by atoms with Gasteiger partial charge < -0.3 is 0 Å². The van der Waals surface area contributed by atoms with Gasteiger partial charge in [-0.1, -0.05) is 31.4 Å². The molecular formula is C20H21NS. The molecule has 1 aliphatic rings. The molecule has 1 aromatic heterocycles. The first-order valence-electron chi connectivity index (χ1n) is 7.77. The maximum absolute atomic E-state index is 4.35. The SMILES string of the molecule is C=C(CCC(=C)c1ccccn1)c1ccc2c(c1)SCCC2. The molecule has 0 spiro atoms. The zero-order valence-electron chi connectivity index (χ0n) is 12.8. The average molecular weight is 307 g/mol. The van der Waals surface area contributed by atoms with Crippen LogP contribution in [-0.2, 0) is 6.42 Å². The molecule has 1 aromatic carbocycles. The van der Waals surface area contributed by atoms with E-state index in [2.05, 4.69) is 36.3 Å². The second kappa shape index (κ2) is 6.97. The lowest BCUT2D eigenvalue weighted by Gasteiger charge is -2.17. The van der Waals surface area contributed by atoms with E-state index in [1.807, 2.05) is 36.2 Å². The second-order valence-corrected chi connectivity index (χ2v) is 6.83. The zero-order chi connectivity index (χ0) is 15.4. The van der Waals surface area contributed by atoms with Gasteiger partial charge in [-0.3, -0.25) is 4.98 Å². The van der Waals surface area contributed by atoms with Gasteiger partial charge in [0, 0.05) is 11.1 Å². The number of rotatable bonds is 5. The first-order valence-corrected chi connectivity index (χ1v) is 8.75. The Balaban J connectivity index is 1.64. The topological polar surface area (TPSA) is 12.9 Å². The van der Waals surface area contributed by atoms with Crippen LogP contribution in [0.2, 0.25) is 0 Å². The van der Waals surface area contributed by atoms with Gasteiger partial charge in [0.2, 0.25) is 0 Å². The van der Waals surface area contributed by atoms with Crippen molar-refractivity contribution in [2.45, 2.75) is 30.6 Å². The van der Waals surface area contributed by atoms with Crippen LogP contribution in [0, 0.1) is 0 Å². The molecule has 1 aliphatic heterocycles. The van der Waals surface area contributed by atoms with E-state index in [9.17, 15) is 0 Å². The Morgan fingerprint density at radius 2 is 1.95 bits per heavy atom. The van der Waals surface area contributed by atoms with Crippen molar-refractivity contribution in [1.82, 2.24) is 4.98 Å². The minimum atomic E-state index is 0.903. The molecule has 0 unspecified atom stereocenters. The molecular weight excluding hydrogens is 286 g/mol. The van der Waals surface area contributed by atoms with Gasteiger partial charge in [0.15, 0.2) is 0 Å². The van der Waals surface area contributed by atoms with Crippen molar-refractivity contribution in [3.63, 3.8) is 0 Å². The van der Waals surface area contributed by atoms with Crippen molar-refractivity contribution in [3.05, 3.63) is 72.6 Å². The quantitative estimate of drug-likeness (QED) is 0.710. The molecule has 0 atom stereocenters. The Bertz CT molecular complexity index is 688. The first kappa shape index (κ1) is 15.1. The summed E-state index contributed by atoms with van der Waals surface area (Å²) in [6, 6.07) is 12.8. The summed E-state index contributed by atoms with van der Waals surface area (Å²) in [4.78, 5) is 5.79. The number of hydrogen-bond acceptors (Lipinski definition) is 2. The van der Waals surface area contributed by atoms with Crippen molar-refractivity contribution < 1.29 is 0 Å². The van der Waals surface area contributed by atoms with Crippen LogP contribution in [0.5, 0.6) is 0 Å². The predicted molar refractivity (Wildman–Crippen MR) is 97.0 cm³/mol. The summed E-state index contributed by atoms with van der Waals surface area (Å²) in [5.74, 6) is 1.24. The highest BCUT2D eigenvalue weighted by Gasteiger charge is 2.11. The predicted octanol–water partition coefficient (Wildman–Crippen LogP) is 5.63. The Hall–Kier alpha value is -1.80. The third kappa shape index (κ3) is 3.50. The van der Waals surface area contributed by atoms with Crippen LogP contribution in [0.1, 0.15) is 36.1 Å². The van der Waals surface area contributed by atoms with E-state index in [0.717, 1.165) is 24.1 Å². The summed E-state index contributed by atoms with van der Waals surface area (Å²) in [6.07, 6.45) is 6.16. The van der Waals surface area contributed by atoms with Crippen LogP contribution in [0.3, 0.4) is 0 Å². The monoisotopic (exact) mass is 307 g/mol. The number of aromatic nitrogens is 1. The van der Waals surface area contributed by atoms with Gasteiger partial charge in [-0.25, -0.2) is 0 Å². The van der Waals surface area contributed by atoms with Gasteiger partial charge in [0.05, 0.1) is 5.69 Å². The van der Waals surface area contributed by atoms with Crippen molar-refractivity contribution in [3.8, 4) is 0 Å². The largest absolute Gasteiger partial charge is 0.257 e. The van der Waals surface area contributed by atoms with Crippen LogP contribution in [0.4, 0.5) is 0 Å². The van der Waals surface area contributed by atoms with Crippen LogP contribution in [0.15, 0.2) is 60.6 Å². The highest BCUT2D eigenvalue weighted by molar-refractivity contribution is 7.99. The van der Waals surface area contributed by atoms with Crippen LogP contribution in [-0.4, -0.2) is 10.7 Å². The molecule has 2 heteroatoms. The highest BCUT2D eigenvalue weighted by Crippen LogP contribution is 2.33. The Labute approximate surface area is 137 Å². The molecule has 1 nitrogen and oxygen atoms in total. The minimum Gasteiger partial charge on any atom is -0.257 e. The standard InChI is InChI=1S/C20H21NS/c1-15(8-9-16(2)19-7-3-4-12-21-19)18-11-10-17-6-5-13-22-20(17)14-18/h3-4,7,10-12,14H,1-2,5-6,8-9,13H2. The lowest BCUT2D eigenvalue weighted by Crippen LogP contribution is -1.99. The Morgan fingerprint density at radius 1 is 1.09 bits per heavy atom. The van der Waals surface area contributed by atoms with Crippen LogP contribution in [0.25, 0.3) is 11.1 Å².